The molecule has 1 rings (SSSR count). The zero-order valence-corrected chi connectivity index (χ0v) is 10.2. The summed E-state index contributed by atoms with van der Waals surface area (Å²) in [6, 6.07) is 0. The molecular formula is C12H23NO3. The van der Waals surface area contributed by atoms with E-state index in [0.29, 0.717) is 13.2 Å². The SMILES string of the molecule is CCCCCN(CCO)C(=O)C1CCCO1. The summed E-state index contributed by atoms with van der Waals surface area (Å²) in [5.41, 5.74) is 0. The third kappa shape index (κ3) is 4.10. The molecule has 1 heterocycles. The first kappa shape index (κ1) is 13.5. The predicted molar refractivity (Wildman–Crippen MR) is 62.2 cm³/mol. The van der Waals surface area contributed by atoms with Gasteiger partial charge in [-0.3, -0.25) is 4.79 Å². The maximum atomic E-state index is 12.0. The second-order valence-corrected chi connectivity index (χ2v) is 4.26. The fourth-order valence-corrected chi connectivity index (χ4v) is 1.98. The third-order valence-electron chi connectivity index (χ3n) is 2.92. The Bertz CT molecular complexity index is 202. The Hall–Kier alpha value is -0.610. The zero-order valence-electron chi connectivity index (χ0n) is 10.2. The van der Waals surface area contributed by atoms with Gasteiger partial charge in [0.1, 0.15) is 6.10 Å². The lowest BCUT2D eigenvalue weighted by molar-refractivity contribution is -0.141. The molecule has 1 amide bonds. The van der Waals surface area contributed by atoms with Crippen LogP contribution in [-0.2, 0) is 9.53 Å². The van der Waals surface area contributed by atoms with Crippen LogP contribution in [0.4, 0.5) is 0 Å². The van der Waals surface area contributed by atoms with Gasteiger partial charge in [-0.15, -0.1) is 0 Å². The van der Waals surface area contributed by atoms with E-state index in [0.717, 1.165) is 38.6 Å². The van der Waals surface area contributed by atoms with E-state index >= 15 is 0 Å². The van der Waals surface area contributed by atoms with Gasteiger partial charge >= 0.3 is 0 Å². The Kier molecular flexibility index (Phi) is 6.42. The second-order valence-electron chi connectivity index (χ2n) is 4.26. The standard InChI is InChI=1S/C12H23NO3/c1-2-3-4-7-13(8-9-14)12(15)11-6-5-10-16-11/h11,14H,2-10H2,1H3. The highest BCUT2D eigenvalue weighted by atomic mass is 16.5. The first-order chi connectivity index (χ1) is 7.79. The van der Waals surface area contributed by atoms with Gasteiger partial charge < -0.3 is 14.7 Å². The van der Waals surface area contributed by atoms with Gasteiger partial charge in [0, 0.05) is 19.7 Å². The third-order valence-corrected chi connectivity index (χ3v) is 2.92. The van der Waals surface area contributed by atoms with Crippen molar-refractivity contribution in [3.8, 4) is 0 Å². The molecule has 1 N–H and O–H groups in total. The molecule has 1 atom stereocenters. The van der Waals surface area contributed by atoms with Crippen LogP contribution in [0.5, 0.6) is 0 Å². The second kappa shape index (κ2) is 7.63. The van der Waals surface area contributed by atoms with Crippen molar-refractivity contribution in [2.24, 2.45) is 0 Å². The van der Waals surface area contributed by atoms with Gasteiger partial charge in [-0.2, -0.15) is 0 Å². The number of unbranched alkanes of at least 4 members (excludes halogenated alkanes) is 2. The zero-order chi connectivity index (χ0) is 11.8. The van der Waals surface area contributed by atoms with E-state index in [1.54, 1.807) is 4.90 Å². The lowest BCUT2D eigenvalue weighted by atomic mass is 10.2. The van der Waals surface area contributed by atoms with Gasteiger partial charge in [0.15, 0.2) is 0 Å². The summed E-state index contributed by atoms with van der Waals surface area (Å²) < 4.78 is 5.38. The van der Waals surface area contributed by atoms with E-state index in [2.05, 4.69) is 6.92 Å². The minimum absolute atomic E-state index is 0.0323. The van der Waals surface area contributed by atoms with Crippen molar-refractivity contribution in [1.82, 2.24) is 4.90 Å². The maximum Gasteiger partial charge on any atom is 0.251 e. The monoisotopic (exact) mass is 229 g/mol. The Morgan fingerprint density at radius 2 is 2.25 bits per heavy atom. The molecule has 4 heteroatoms. The van der Waals surface area contributed by atoms with Crippen LogP contribution < -0.4 is 0 Å². The number of nitrogens with zero attached hydrogens (tertiary/aromatic N) is 1. The highest BCUT2D eigenvalue weighted by Crippen LogP contribution is 2.15. The fourth-order valence-electron chi connectivity index (χ4n) is 1.98. The molecule has 16 heavy (non-hydrogen) atoms. The van der Waals surface area contributed by atoms with Gasteiger partial charge in [0.2, 0.25) is 0 Å². The summed E-state index contributed by atoms with van der Waals surface area (Å²) in [6.45, 7) is 4.04. The van der Waals surface area contributed by atoms with Crippen molar-refractivity contribution in [1.29, 1.82) is 0 Å². The van der Waals surface area contributed by atoms with E-state index in [1.807, 2.05) is 0 Å². The van der Waals surface area contributed by atoms with Gasteiger partial charge in [0.05, 0.1) is 6.61 Å². The Balaban J connectivity index is 2.37. The molecule has 0 aromatic rings. The number of amides is 1. The lowest BCUT2D eigenvalue weighted by Crippen LogP contribution is -2.41. The molecule has 4 nitrogen and oxygen atoms in total. The number of carbonyl (C=O) groups excluding carboxylic acids is 1. The summed E-state index contributed by atoms with van der Waals surface area (Å²) in [6.07, 6.45) is 4.82. The normalized spacial score (nSPS) is 20.0. The summed E-state index contributed by atoms with van der Waals surface area (Å²) in [4.78, 5) is 13.8. The van der Waals surface area contributed by atoms with Crippen molar-refractivity contribution in [3.63, 3.8) is 0 Å². The van der Waals surface area contributed by atoms with Crippen LogP contribution >= 0.6 is 0 Å². The average Bonchev–Trinajstić information content (AvgIpc) is 2.81. The van der Waals surface area contributed by atoms with Crippen LogP contribution in [0.25, 0.3) is 0 Å². The number of rotatable bonds is 7. The van der Waals surface area contributed by atoms with E-state index in [9.17, 15) is 4.79 Å². The Morgan fingerprint density at radius 3 is 2.81 bits per heavy atom. The van der Waals surface area contributed by atoms with E-state index in [1.165, 1.54) is 0 Å². The van der Waals surface area contributed by atoms with Crippen molar-refractivity contribution >= 4 is 5.91 Å². The number of ether oxygens (including phenoxy) is 1. The number of hydrogen-bond acceptors (Lipinski definition) is 3. The molecular weight excluding hydrogens is 206 g/mol. The predicted octanol–water partition coefficient (Wildman–Crippen LogP) is 1.18. The highest BCUT2D eigenvalue weighted by molar-refractivity contribution is 5.81. The van der Waals surface area contributed by atoms with Gasteiger partial charge in [0.25, 0.3) is 5.91 Å². The summed E-state index contributed by atoms with van der Waals surface area (Å²) in [5.74, 6) is 0.0580. The van der Waals surface area contributed by atoms with Crippen molar-refractivity contribution in [3.05, 3.63) is 0 Å². The number of aliphatic hydroxyl groups excluding tert-OH is 1. The maximum absolute atomic E-state index is 12.0. The first-order valence-corrected chi connectivity index (χ1v) is 6.30. The fraction of sp³-hybridized carbons (Fsp3) is 0.917. The molecule has 1 aliphatic heterocycles. The van der Waals surface area contributed by atoms with Crippen LogP contribution in [-0.4, -0.2) is 48.3 Å². The molecule has 0 bridgehead atoms. The molecule has 1 aliphatic rings. The molecule has 1 saturated heterocycles. The van der Waals surface area contributed by atoms with Crippen LogP contribution in [0.3, 0.4) is 0 Å². The minimum Gasteiger partial charge on any atom is -0.395 e. The molecule has 0 radical (unpaired) electrons. The van der Waals surface area contributed by atoms with E-state index < -0.39 is 0 Å². The molecule has 0 spiro atoms. The van der Waals surface area contributed by atoms with Gasteiger partial charge in [-0.25, -0.2) is 0 Å². The largest absolute Gasteiger partial charge is 0.395 e. The molecule has 1 fully saturated rings. The first-order valence-electron chi connectivity index (χ1n) is 6.30. The van der Waals surface area contributed by atoms with Gasteiger partial charge in [-0.05, 0) is 19.3 Å². The number of hydrogen-bond donors (Lipinski definition) is 1. The van der Waals surface area contributed by atoms with Crippen molar-refractivity contribution in [2.75, 3.05) is 26.3 Å². The topological polar surface area (TPSA) is 49.8 Å². The quantitative estimate of drug-likeness (QED) is 0.667. The van der Waals surface area contributed by atoms with Gasteiger partial charge in [-0.1, -0.05) is 19.8 Å². The molecule has 0 saturated carbocycles. The van der Waals surface area contributed by atoms with E-state index in [4.69, 9.17) is 9.84 Å². The van der Waals surface area contributed by atoms with Crippen LogP contribution in [0.1, 0.15) is 39.0 Å². The Morgan fingerprint density at radius 1 is 1.44 bits per heavy atom. The average molecular weight is 229 g/mol. The molecule has 94 valence electrons. The summed E-state index contributed by atoms with van der Waals surface area (Å²) >= 11 is 0. The van der Waals surface area contributed by atoms with E-state index in [-0.39, 0.29) is 18.6 Å². The minimum atomic E-state index is -0.256. The van der Waals surface area contributed by atoms with Crippen LogP contribution in [0.2, 0.25) is 0 Å². The molecule has 0 aromatic carbocycles. The molecule has 0 aliphatic carbocycles. The molecule has 1 unspecified atom stereocenters. The number of carbonyl (C=O) groups is 1. The Labute approximate surface area is 97.6 Å². The smallest absolute Gasteiger partial charge is 0.251 e. The molecule has 0 aromatic heterocycles. The highest BCUT2D eigenvalue weighted by Gasteiger charge is 2.27. The van der Waals surface area contributed by atoms with Crippen molar-refractivity contribution < 1.29 is 14.6 Å². The number of aliphatic hydroxyl groups is 1. The lowest BCUT2D eigenvalue weighted by Gasteiger charge is -2.24. The van der Waals surface area contributed by atoms with Crippen LogP contribution in [0, 0.1) is 0 Å². The van der Waals surface area contributed by atoms with Crippen LogP contribution in [0.15, 0.2) is 0 Å². The summed E-state index contributed by atoms with van der Waals surface area (Å²) in [5, 5.41) is 8.95. The van der Waals surface area contributed by atoms with Crippen molar-refractivity contribution in [2.45, 2.75) is 45.1 Å². The summed E-state index contributed by atoms with van der Waals surface area (Å²) in [7, 11) is 0.